The quantitative estimate of drug-likeness (QED) is 0.598. The molecule has 1 aliphatic rings. The number of para-hydroxylation sites is 1. The summed E-state index contributed by atoms with van der Waals surface area (Å²) < 4.78 is 6.69. The number of amides is 2. The van der Waals surface area contributed by atoms with Crippen molar-refractivity contribution >= 4 is 51.8 Å². The van der Waals surface area contributed by atoms with Gasteiger partial charge in [0.2, 0.25) is 0 Å². The minimum Gasteiger partial charge on any atom is -0.480 e. The van der Waals surface area contributed by atoms with Crippen LogP contribution in [0.25, 0.3) is 17.0 Å². The summed E-state index contributed by atoms with van der Waals surface area (Å²) in [7, 11) is 0. The number of hydrogen-bond donors (Lipinski definition) is 1. The van der Waals surface area contributed by atoms with Crippen molar-refractivity contribution in [2.24, 2.45) is 0 Å². The number of ether oxygens (including phenoxy) is 1. The van der Waals surface area contributed by atoms with Crippen LogP contribution in [0.1, 0.15) is 12.5 Å². The molecule has 0 bridgehead atoms. The number of esters is 1. The minimum absolute atomic E-state index is 0.0166. The van der Waals surface area contributed by atoms with E-state index in [1.165, 1.54) is 6.08 Å². The lowest BCUT2D eigenvalue weighted by Crippen LogP contribution is -2.33. The number of carbonyl (C=O) groups is 4. The fourth-order valence-electron chi connectivity index (χ4n) is 2.78. The summed E-state index contributed by atoms with van der Waals surface area (Å²) in [5.41, 5.74) is 1.43. The Balaban J connectivity index is 1.96. The van der Waals surface area contributed by atoms with Crippen LogP contribution < -0.4 is 0 Å². The first-order chi connectivity index (χ1) is 12.9. The second kappa shape index (κ2) is 7.67. The lowest BCUT2D eigenvalue weighted by Gasteiger charge is -2.07. The average molecular weight is 388 g/mol. The van der Waals surface area contributed by atoms with Gasteiger partial charge in [-0.25, -0.2) is 0 Å². The van der Waals surface area contributed by atoms with Gasteiger partial charge in [0.05, 0.1) is 11.5 Å². The molecule has 1 fully saturated rings. The fourth-order valence-corrected chi connectivity index (χ4v) is 3.61. The molecule has 1 aromatic heterocycles. The number of carboxylic acids is 1. The zero-order chi connectivity index (χ0) is 19.6. The van der Waals surface area contributed by atoms with Gasteiger partial charge in [-0.15, -0.1) is 0 Å². The van der Waals surface area contributed by atoms with Gasteiger partial charge in [0.25, 0.3) is 11.1 Å². The van der Waals surface area contributed by atoms with Crippen molar-refractivity contribution in [2.45, 2.75) is 13.5 Å². The molecule has 3 rings (SSSR count). The van der Waals surface area contributed by atoms with Crippen LogP contribution in [0.15, 0.2) is 35.4 Å². The van der Waals surface area contributed by atoms with E-state index in [-0.39, 0.29) is 24.0 Å². The molecule has 140 valence electrons. The Morgan fingerprint density at radius 1 is 1.22 bits per heavy atom. The van der Waals surface area contributed by atoms with Crippen molar-refractivity contribution in [3.8, 4) is 0 Å². The topological polar surface area (TPSA) is 106 Å². The van der Waals surface area contributed by atoms with Gasteiger partial charge in [-0.1, -0.05) is 18.2 Å². The molecule has 27 heavy (non-hydrogen) atoms. The number of rotatable bonds is 6. The number of carboxylic acid groups (broad SMARTS) is 1. The Labute approximate surface area is 158 Å². The lowest BCUT2D eigenvalue weighted by atomic mass is 10.1. The molecule has 0 aliphatic carbocycles. The number of aliphatic carboxylic acids is 1. The summed E-state index contributed by atoms with van der Waals surface area (Å²) in [5.74, 6) is -2.29. The Morgan fingerprint density at radius 3 is 2.67 bits per heavy atom. The predicted octanol–water partition coefficient (Wildman–Crippen LogP) is 2.33. The number of carbonyl (C=O) groups excluding carboxylic acids is 3. The van der Waals surface area contributed by atoms with Crippen molar-refractivity contribution in [1.29, 1.82) is 0 Å². The summed E-state index contributed by atoms with van der Waals surface area (Å²) in [6.07, 6.45) is 3.24. The van der Waals surface area contributed by atoms with Crippen LogP contribution >= 0.6 is 11.8 Å². The highest BCUT2D eigenvalue weighted by Gasteiger charge is 2.36. The third-order valence-corrected chi connectivity index (χ3v) is 4.79. The van der Waals surface area contributed by atoms with Crippen LogP contribution in [0.3, 0.4) is 0 Å². The van der Waals surface area contributed by atoms with Gasteiger partial charge in [0.15, 0.2) is 0 Å². The van der Waals surface area contributed by atoms with Crippen molar-refractivity contribution in [3.05, 3.63) is 40.9 Å². The molecule has 9 heteroatoms. The van der Waals surface area contributed by atoms with E-state index in [2.05, 4.69) is 0 Å². The summed E-state index contributed by atoms with van der Waals surface area (Å²) in [5, 5.41) is 9.01. The Bertz CT molecular complexity index is 977. The number of benzene rings is 1. The van der Waals surface area contributed by atoms with Crippen LogP contribution in [0.2, 0.25) is 0 Å². The molecule has 1 aromatic carbocycles. The van der Waals surface area contributed by atoms with E-state index in [9.17, 15) is 19.2 Å². The highest BCUT2D eigenvalue weighted by atomic mass is 32.2. The zero-order valence-corrected chi connectivity index (χ0v) is 15.2. The first-order valence-corrected chi connectivity index (χ1v) is 8.93. The molecule has 0 spiro atoms. The van der Waals surface area contributed by atoms with E-state index in [0.717, 1.165) is 10.9 Å². The summed E-state index contributed by atoms with van der Waals surface area (Å²) in [6.45, 7) is 1.35. The zero-order valence-electron chi connectivity index (χ0n) is 14.4. The molecule has 1 aliphatic heterocycles. The molecule has 0 saturated carbocycles. The smallest absolute Gasteiger partial charge is 0.325 e. The van der Waals surface area contributed by atoms with E-state index >= 15 is 0 Å². The first-order valence-electron chi connectivity index (χ1n) is 8.11. The molecule has 0 atom stereocenters. The second-order valence-electron chi connectivity index (χ2n) is 5.70. The van der Waals surface area contributed by atoms with Crippen molar-refractivity contribution in [1.82, 2.24) is 9.47 Å². The first kappa shape index (κ1) is 18.7. The molecule has 2 aromatic rings. The highest BCUT2D eigenvalue weighted by Crippen LogP contribution is 2.34. The van der Waals surface area contributed by atoms with Crippen molar-refractivity contribution in [2.75, 3.05) is 13.2 Å². The third kappa shape index (κ3) is 3.87. The lowest BCUT2D eigenvalue weighted by molar-refractivity contribution is -0.143. The summed E-state index contributed by atoms with van der Waals surface area (Å²) in [6, 6.07) is 7.32. The van der Waals surface area contributed by atoms with Gasteiger partial charge < -0.3 is 14.4 Å². The fraction of sp³-hybridized carbons (Fsp3) is 0.222. The van der Waals surface area contributed by atoms with Gasteiger partial charge >= 0.3 is 11.9 Å². The molecule has 1 saturated heterocycles. The highest BCUT2D eigenvalue weighted by molar-refractivity contribution is 8.18. The van der Waals surface area contributed by atoms with E-state index in [1.807, 2.05) is 24.3 Å². The number of aromatic nitrogens is 1. The molecule has 0 radical (unpaired) electrons. The number of imide groups is 1. The van der Waals surface area contributed by atoms with Gasteiger partial charge in [-0.3, -0.25) is 24.1 Å². The van der Waals surface area contributed by atoms with Crippen LogP contribution in [0.4, 0.5) is 4.79 Å². The average Bonchev–Trinajstić information content (AvgIpc) is 3.08. The number of nitrogens with zero attached hydrogens (tertiary/aromatic N) is 2. The van der Waals surface area contributed by atoms with Crippen LogP contribution in [-0.2, 0) is 25.7 Å². The van der Waals surface area contributed by atoms with Crippen LogP contribution in [0.5, 0.6) is 0 Å². The normalized spacial score (nSPS) is 15.7. The number of hydrogen-bond acceptors (Lipinski definition) is 6. The maximum Gasteiger partial charge on any atom is 0.325 e. The van der Waals surface area contributed by atoms with Gasteiger partial charge in [-0.05, 0) is 30.8 Å². The van der Waals surface area contributed by atoms with Gasteiger partial charge in [0.1, 0.15) is 13.1 Å². The second-order valence-corrected chi connectivity index (χ2v) is 6.69. The standard InChI is InChI=1S/C18H16N2O6S/c1-2-26-16(23)10-19-8-11(12-5-3-4-6-13(12)19)7-14-17(24)20(9-15(21)22)18(25)27-14/h3-8H,2,9-10H2,1H3,(H,21,22)/b14-7+. The maximum absolute atomic E-state index is 12.3. The van der Waals surface area contributed by atoms with Gasteiger partial charge in [0, 0.05) is 22.7 Å². The predicted molar refractivity (Wildman–Crippen MR) is 98.9 cm³/mol. The van der Waals surface area contributed by atoms with Crippen LogP contribution in [-0.4, -0.2) is 50.8 Å². The Morgan fingerprint density at radius 2 is 1.96 bits per heavy atom. The molecule has 1 N–H and O–H groups in total. The van der Waals surface area contributed by atoms with Crippen molar-refractivity contribution < 1.29 is 29.0 Å². The molecular weight excluding hydrogens is 372 g/mol. The van der Waals surface area contributed by atoms with Crippen LogP contribution in [0, 0.1) is 0 Å². The summed E-state index contributed by atoms with van der Waals surface area (Å²) >= 11 is 0.693. The maximum atomic E-state index is 12.3. The largest absolute Gasteiger partial charge is 0.480 e. The van der Waals surface area contributed by atoms with E-state index in [1.54, 1.807) is 17.7 Å². The minimum atomic E-state index is -1.26. The monoisotopic (exact) mass is 388 g/mol. The molecule has 0 unspecified atom stereocenters. The third-order valence-electron chi connectivity index (χ3n) is 3.88. The Kier molecular flexibility index (Phi) is 5.31. The molecule has 2 heterocycles. The number of thioether (sulfide) groups is 1. The van der Waals surface area contributed by atoms with E-state index in [0.29, 0.717) is 22.2 Å². The summed E-state index contributed by atoms with van der Waals surface area (Å²) in [4.78, 5) is 47.7. The molecular formula is C18H16N2O6S. The van der Waals surface area contributed by atoms with E-state index < -0.39 is 23.7 Å². The van der Waals surface area contributed by atoms with E-state index in [4.69, 9.17) is 9.84 Å². The Hall–Kier alpha value is -3.07. The van der Waals surface area contributed by atoms with Gasteiger partial charge in [-0.2, -0.15) is 0 Å². The molecule has 2 amide bonds. The SMILES string of the molecule is CCOC(=O)Cn1cc(/C=C2/SC(=O)N(CC(=O)O)C2=O)c2ccccc21. The van der Waals surface area contributed by atoms with Crippen molar-refractivity contribution in [3.63, 3.8) is 0 Å². The molecule has 8 nitrogen and oxygen atoms in total. The number of fused-ring (bicyclic) bond motifs is 1.